The largest absolute Gasteiger partial charge is 0.396 e. The van der Waals surface area contributed by atoms with Gasteiger partial charge in [-0.3, -0.25) is 0 Å². The molecule has 0 atom stereocenters. The highest BCUT2D eigenvalue weighted by atomic mass is 16.7. The summed E-state index contributed by atoms with van der Waals surface area (Å²) in [6, 6.07) is 0. The van der Waals surface area contributed by atoms with Crippen molar-refractivity contribution in [2.24, 2.45) is 0 Å². The summed E-state index contributed by atoms with van der Waals surface area (Å²) in [7, 11) is 0. The minimum absolute atomic E-state index is 0.318. The lowest BCUT2D eigenvalue weighted by Crippen LogP contribution is -2.32. The van der Waals surface area contributed by atoms with Crippen LogP contribution in [-0.4, -0.2) is 121 Å². The van der Waals surface area contributed by atoms with Gasteiger partial charge in [0.15, 0.2) is 0 Å². The summed E-state index contributed by atoms with van der Waals surface area (Å²) in [4.78, 5) is 5.48. The number of aliphatic hydroxyl groups excluding tert-OH is 1. The maximum atomic E-state index is 9.22. The minimum Gasteiger partial charge on any atom is -0.396 e. The second-order valence-corrected chi connectivity index (χ2v) is 16.4. The Balaban J connectivity index is 4.51. The van der Waals surface area contributed by atoms with Crippen LogP contribution in [-0.2, 0) is 28.4 Å². The number of nitrogens with zero attached hydrogens (tertiary/aromatic N) is 2. The van der Waals surface area contributed by atoms with E-state index in [9.17, 15) is 5.11 Å². The highest BCUT2D eigenvalue weighted by molar-refractivity contribution is 4.65. The molecule has 0 spiro atoms. The average molecular weight is 817 g/mol. The van der Waals surface area contributed by atoms with Crippen LogP contribution in [0.3, 0.4) is 0 Å². The van der Waals surface area contributed by atoms with E-state index < -0.39 is 0 Å². The molecule has 0 aromatic heterocycles. The molecule has 0 unspecified atom stereocenters. The van der Waals surface area contributed by atoms with Gasteiger partial charge in [0, 0.05) is 46.2 Å². The van der Waals surface area contributed by atoms with Gasteiger partial charge in [-0.05, 0) is 116 Å². The Hall–Kier alpha value is -0.360. The van der Waals surface area contributed by atoms with Gasteiger partial charge in [-0.2, -0.15) is 0 Å². The Morgan fingerprint density at radius 3 is 0.754 bits per heavy atom. The molecule has 57 heavy (non-hydrogen) atoms. The summed E-state index contributed by atoms with van der Waals surface area (Å²) in [6.07, 6.45) is 35.3. The van der Waals surface area contributed by atoms with E-state index >= 15 is 0 Å². The van der Waals surface area contributed by atoms with E-state index in [2.05, 4.69) is 30.6 Å². The van der Waals surface area contributed by atoms with Gasteiger partial charge in [-0.15, -0.1) is 0 Å². The van der Waals surface area contributed by atoms with Gasteiger partial charge < -0.3 is 43.3 Å². The molecule has 0 rings (SSSR count). The lowest BCUT2D eigenvalue weighted by molar-refractivity contribution is -0.0557. The third-order valence-corrected chi connectivity index (χ3v) is 10.8. The van der Waals surface area contributed by atoms with Crippen molar-refractivity contribution >= 4 is 0 Å². The summed E-state index contributed by atoms with van der Waals surface area (Å²) in [5, 5.41) is 9.22. The van der Waals surface area contributed by atoms with Crippen LogP contribution in [0.15, 0.2) is 0 Å². The van der Waals surface area contributed by atoms with E-state index in [1.165, 1.54) is 174 Å². The van der Waals surface area contributed by atoms with Crippen LogP contribution < -0.4 is 0 Å². The fraction of sp³-hybridized carbons (Fsp3) is 1.00. The Morgan fingerprint density at radius 2 is 0.491 bits per heavy atom. The Labute approximate surface area is 355 Å². The van der Waals surface area contributed by atoms with Crippen molar-refractivity contribution < 1.29 is 33.5 Å². The van der Waals surface area contributed by atoms with E-state index in [4.69, 9.17) is 28.4 Å². The second kappa shape index (κ2) is 51.8. The maximum absolute atomic E-state index is 9.22. The molecule has 9 nitrogen and oxygen atoms in total. The van der Waals surface area contributed by atoms with Gasteiger partial charge >= 0.3 is 0 Å². The first-order valence-corrected chi connectivity index (χ1v) is 24.8. The Morgan fingerprint density at radius 1 is 0.263 bits per heavy atom. The zero-order chi connectivity index (χ0) is 41.2. The number of unbranched alkanes of at least 4 members (excludes halogenated alkanes) is 21. The van der Waals surface area contributed by atoms with E-state index in [0.717, 1.165) is 91.0 Å². The molecule has 0 heterocycles. The molecular formula is C48H100N2O7. The predicted octanol–water partition coefficient (Wildman–Crippen LogP) is 11.9. The van der Waals surface area contributed by atoms with E-state index in [1.807, 2.05) is 0 Å². The second-order valence-electron chi connectivity index (χ2n) is 16.4. The molecule has 344 valence electrons. The molecule has 0 aliphatic carbocycles. The molecule has 0 bridgehead atoms. The molecule has 0 fully saturated rings. The first-order valence-electron chi connectivity index (χ1n) is 24.8. The third-order valence-electron chi connectivity index (χ3n) is 10.8. The third kappa shape index (κ3) is 48.2. The van der Waals surface area contributed by atoms with Crippen molar-refractivity contribution in [2.45, 2.75) is 207 Å². The first kappa shape index (κ1) is 56.6. The summed E-state index contributed by atoms with van der Waals surface area (Å²) < 4.78 is 34.0. The normalized spacial score (nSPS) is 11.9. The summed E-state index contributed by atoms with van der Waals surface area (Å²) in [5.41, 5.74) is 0. The van der Waals surface area contributed by atoms with Crippen LogP contribution in [0.1, 0.15) is 207 Å². The fourth-order valence-corrected chi connectivity index (χ4v) is 7.09. The number of ether oxygens (including phenoxy) is 6. The molecule has 1 N–H and O–H groups in total. The monoisotopic (exact) mass is 817 g/mol. The molecule has 0 aromatic rings. The van der Waals surface area contributed by atoms with E-state index in [0.29, 0.717) is 27.0 Å². The van der Waals surface area contributed by atoms with Crippen molar-refractivity contribution in [3.63, 3.8) is 0 Å². The average Bonchev–Trinajstić information content (AvgIpc) is 3.22. The predicted molar refractivity (Wildman–Crippen MR) is 241 cm³/mol. The molecule has 0 saturated carbocycles. The van der Waals surface area contributed by atoms with Crippen LogP contribution in [0.2, 0.25) is 0 Å². The zero-order valence-electron chi connectivity index (χ0n) is 38.6. The number of hydrogen-bond acceptors (Lipinski definition) is 9. The SMILES string of the molecule is CCCCCCOCOCCCCCCN(CCCCCCO)CCCN(CCCCCCOCOCCCCCC)CCCCCCOCOCCCCCC. The smallest absolute Gasteiger partial charge is 0.146 e. The van der Waals surface area contributed by atoms with Gasteiger partial charge in [-0.1, -0.05) is 130 Å². The minimum atomic E-state index is 0.318. The quantitative estimate of drug-likeness (QED) is 0.0477. The van der Waals surface area contributed by atoms with Gasteiger partial charge in [0.2, 0.25) is 0 Å². The Bertz CT molecular complexity index is 678. The highest BCUT2D eigenvalue weighted by Crippen LogP contribution is 2.11. The van der Waals surface area contributed by atoms with Gasteiger partial charge in [0.1, 0.15) is 20.4 Å². The first-order chi connectivity index (χ1) is 28.3. The number of aliphatic hydroxyl groups is 1. The molecule has 0 radical (unpaired) electrons. The van der Waals surface area contributed by atoms with Crippen LogP contribution in [0.25, 0.3) is 0 Å². The molecular weight excluding hydrogens is 717 g/mol. The Kier molecular flexibility index (Phi) is 51.5. The topological polar surface area (TPSA) is 82.1 Å². The highest BCUT2D eigenvalue weighted by Gasteiger charge is 2.09. The van der Waals surface area contributed by atoms with Crippen molar-refractivity contribution in [2.75, 3.05) is 106 Å². The molecule has 0 saturated heterocycles. The standard InChI is InChI=1S/C48H100N2O7/c1-4-7-10-26-40-52-46-55-43-29-18-14-22-34-49(33-21-13-17-25-39-51)37-32-38-50(35-23-15-19-30-44-56-47-53-41-27-11-8-5-2)36-24-16-20-31-45-57-48-54-42-28-12-9-6-3/h51H,4-48H2,1-3H3. The van der Waals surface area contributed by atoms with Crippen LogP contribution in [0.4, 0.5) is 0 Å². The summed E-state index contributed by atoms with van der Waals surface area (Å²) in [6.45, 7) is 20.4. The summed E-state index contributed by atoms with van der Waals surface area (Å²) >= 11 is 0. The van der Waals surface area contributed by atoms with Crippen molar-refractivity contribution in [3.8, 4) is 0 Å². The summed E-state index contributed by atoms with van der Waals surface area (Å²) in [5.74, 6) is 0. The number of hydrogen-bond donors (Lipinski definition) is 1. The van der Waals surface area contributed by atoms with Gasteiger partial charge in [0.05, 0.1) is 0 Å². The van der Waals surface area contributed by atoms with Crippen molar-refractivity contribution in [1.29, 1.82) is 0 Å². The van der Waals surface area contributed by atoms with Crippen molar-refractivity contribution in [1.82, 2.24) is 9.80 Å². The lowest BCUT2D eigenvalue weighted by atomic mass is 10.1. The number of rotatable bonds is 52. The molecule has 0 aliphatic rings. The maximum Gasteiger partial charge on any atom is 0.146 e. The lowest BCUT2D eigenvalue weighted by Gasteiger charge is -2.26. The van der Waals surface area contributed by atoms with Crippen LogP contribution in [0.5, 0.6) is 0 Å². The fourth-order valence-electron chi connectivity index (χ4n) is 7.09. The van der Waals surface area contributed by atoms with Crippen LogP contribution >= 0.6 is 0 Å². The molecule has 0 aliphatic heterocycles. The van der Waals surface area contributed by atoms with Gasteiger partial charge in [-0.25, -0.2) is 0 Å². The zero-order valence-corrected chi connectivity index (χ0v) is 38.6. The van der Waals surface area contributed by atoms with Crippen molar-refractivity contribution in [3.05, 3.63) is 0 Å². The van der Waals surface area contributed by atoms with E-state index in [1.54, 1.807) is 0 Å². The van der Waals surface area contributed by atoms with E-state index in [-0.39, 0.29) is 0 Å². The molecule has 0 amide bonds. The van der Waals surface area contributed by atoms with Crippen LogP contribution in [0, 0.1) is 0 Å². The van der Waals surface area contributed by atoms with Gasteiger partial charge in [0.25, 0.3) is 0 Å². The molecule has 0 aromatic carbocycles. The molecule has 9 heteroatoms.